The lowest BCUT2D eigenvalue weighted by molar-refractivity contribution is 0.168. The highest BCUT2D eigenvalue weighted by molar-refractivity contribution is 5.61. The summed E-state index contributed by atoms with van der Waals surface area (Å²) >= 11 is 0. The van der Waals surface area contributed by atoms with Crippen molar-refractivity contribution in [1.29, 1.82) is 0 Å². The molecule has 3 aromatic rings. The maximum Gasteiger partial charge on any atom is 0.161 e. The number of anilines is 1. The van der Waals surface area contributed by atoms with Gasteiger partial charge in [-0.05, 0) is 31.7 Å². The lowest BCUT2D eigenvalue weighted by Crippen LogP contribution is -2.35. The second-order valence-electron chi connectivity index (χ2n) is 7.64. The molecule has 1 aromatic carbocycles. The zero-order chi connectivity index (χ0) is 19.1. The van der Waals surface area contributed by atoms with Crippen LogP contribution in [0, 0.1) is 0 Å². The minimum atomic E-state index is -0.487. The number of fused-ring (bicyclic) bond motifs is 2. The second-order valence-corrected chi connectivity index (χ2v) is 7.64. The predicted molar refractivity (Wildman–Crippen MR) is 108 cm³/mol. The number of hydrogen-bond donors (Lipinski definition) is 1. The summed E-state index contributed by atoms with van der Waals surface area (Å²) in [5.74, 6) is 1.89. The molecule has 1 aliphatic heterocycles. The minimum Gasteiger partial charge on any atom is -0.387 e. The van der Waals surface area contributed by atoms with Crippen molar-refractivity contribution in [2.75, 3.05) is 11.4 Å². The van der Waals surface area contributed by atoms with Crippen LogP contribution in [0.2, 0.25) is 0 Å². The number of aryl methyl sites for hydroxylation is 1. The van der Waals surface area contributed by atoms with E-state index < -0.39 is 6.10 Å². The van der Waals surface area contributed by atoms with Crippen LogP contribution in [0.4, 0.5) is 5.82 Å². The van der Waals surface area contributed by atoms with Crippen LogP contribution in [0.15, 0.2) is 36.4 Å². The van der Waals surface area contributed by atoms with E-state index in [4.69, 9.17) is 9.97 Å². The molecule has 0 radical (unpaired) electrons. The van der Waals surface area contributed by atoms with Gasteiger partial charge in [0.05, 0.1) is 30.6 Å². The lowest BCUT2D eigenvalue weighted by atomic mass is 10.1. The van der Waals surface area contributed by atoms with Gasteiger partial charge in [0, 0.05) is 23.4 Å². The normalized spacial score (nSPS) is 16.7. The van der Waals surface area contributed by atoms with Crippen molar-refractivity contribution >= 4 is 5.82 Å². The van der Waals surface area contributed by atoms with E-state index in [1.54, 1.807) is 0 Å². The van der Waals surface area contributed by atoms with Gasteiger partial charge in [-0.15, -0.1) is 0 Å². The van der Waals surface area contributed by atoms with Gasteiger partial charge in [-0.1, -0.05) is 37.3 Å². The molecule has 0 fully saturated rings. The van der Waals surface area contributed by atoms with Crippen LogP contribution in [0.3, 0.4) is 0 Å². The van der Waals surface area contributed by atoms with E-state index in [0.717, 1.165) is 67.5 Å². The Labute approximate surface area is 164 Å². The van der Waals surface area contributed by atoms with Crippen molar-refractivity contribution in [2.45, 2.75) is 51.8 Å². The topological polar surface area (TPSA) is 67.1 Å². The van der Waals surface area contributed by atoms with Gasteiger partial charge in [-0.2, -0.15) is 5.10 Å². The summed E-state index contributed by atoms with van der Waals surface area (Å²) in [4.78, 5) is 12.2. The first kappa shape index (κ1) is 17.4. The van der Waals surface area contributed by atoms with Gasteiger partial charge >= 0.3 is 0 Å². The Balaban J connectivity index is 1.51. The van der Waals surface area contributed by atoms with E-state index >= 15 is 0 Å². The van der Waals surface area contributed by atoms with Crippen LogP contribution < -0.4 is 4.90 Å². The first-order valence-corrected chi connectivity index (χ1v) is 10.2. The van der Waals surface area contributed by atoms with Gasteiger partial charge in [0.1, 0.15) is 5.82 Å². The highest BCUT2D eigenvalue weighted by atomic mass is 16.3. The Kier molecular flexibility index (Phi) is 4.36. The lowest BCUT2D eigenvalue weighted by Gasteiger charge is -2.30. The number of rotatable bonds is 4. The molecule has 144 valence electrons. The largest absolute Gasteiger partial charge is 0.387 e. The molecule has 0 saturated carbocycles. The standard InChI is InChI=1S/C22H25N5O/c1-2-20(28)19-13-16-14-26(11-12-27(16)25-19)22-17-9-6-10-18(17)23-21(24-22)15-7-4-3-5-8-15/h3-5,7-8,13,20,28H,2,6,9-12,14H2,1H3/t20-/m1/s1. The van der Waals surface area contributed by atoms with Crippen molar-refractivity contribution in [3.63, 3.8) is 0 Å². The number of aliphatic hydroxyl groups excluding tert-OH is 1. The van der Waals surface area contributed by atoms with E-state index in [0.29, 0.717) is 6.42 Å². The van der Waals surface area contributed by atoms with E-state index in [1.807, 2.05) is 35.9 Å². The van der Waals surface area contributed by atoms with Crippen molar-refractivity contribution in [2.24, 2.45) is 0 Å². The molecule has 0 unspecified atom stereocenters. The fourth-order valence-electron chi connectivity index (χ4n) is 4.23. The van der Waals surface area contributed by atoms with E-state index in [-0.39, 0.29) is 0 Å². The zero-order valence-corrected chi connectivity index (χ0v) is 16.2. The molecule has 0 saturated heterocycles. The molecular formula is C22H25N5O. The van der Waals surface area contributed by atoms with E-state index in [2.05, 4.69) is 22.1 Å². The SMILES string of the molecule is CC[C@@H](O)c1cc2n(n1)CCN(c1nc(-c3ccccc3)nc3c1CCC3)C2. The summed E-state index contributed by atoms with van der Waals surface area (Å²) in [7, 11) is 0. The zero-order valence-electron chi connectivity index (χ0n) is 16.2. The van der Waals surface area contributed by atoms with E-state index in [1.165, 1.54) is 11.3 Å². The van der Waals surface area contributed by atoms with Gasteiger partial charge in [0.15, 0.2) is 5.82 Å². The molecule has 28 heavy (non-hydrogen) atoms. The van der Waals surface area contributed by atoms with Crippen LogP contribution in [0.1, 0.15) is 48.5 Å². The summed E-state index contributed by atoms with van der Waals surface area (Å²) in [5.41, 5.74) is 5.48. The number of nitrogens with zero attached hydrogens (tertiary/aromatic N) is 5. The number of hydrogen-bond acceptors (Lipinski definition) is 5. The summed E-state index contributed by atoms with van der Waals surface area (Å²) in [6.45, 7) is 4.42. The quantitative estimate of drug-likeness (QED) is 0.758. The Bertz CT molecular complexity index is 998. The first-order valence-electron chi connectivity index (χ1n) is 10.2. The molecule has 0 bridgehead atoms. The van der Waals surface area contributed by atoms with Crippen molar-refractivity contribution in [3.8, 4) is 11.4 Å². The summed E-state index contributed by atoms with van der Waals surface area (Å²) < 4.78 is 2.03. The average molecular weight is 375 g/mol. The molecule has 0 spiro atoms. The smallest absolute Gasteiger partial charge is 0.161 e. The van der Waals surface area contributed by atoms with Crippen LogP contribution in [-0.4, -0.2) is 31.4 Å². The maximum absolute atomic E-state index is 10.1. The average Bonchev–Trinajstić information content (AvgIpc) is 3.39. The third-order valence-corrected chi connectivity index (χ3v) is 5.79. The van der Waals surface area contributed by atoms with Crippen LogP contribution in [0.25, 0.3) is 11.4 Å². The molecular weight excluding hydrogens is 350 g/mol. The van der Waals surface area contributed by atoms with Gasteiger partial charge in [0.25, 0.3) is 0 Å². The van der Waals surface area contributed by atoms with Gasteiger partial charge in [0.2, 0.25) is 0 Å². The van der Waals surface area contributed by atoms with E-state index in [9.17, 15) is 5.11 Å². The summed E-state index contributed by atoms with van der Waals surface area (Å²) in [5, 5.41) is 14.7. The van der Waals surface area contributed by atoms with Gasteiger partial charge in [-0.25, -0.2) is 9.97 Å². The molecule has 0 amide bonds. The molecule has 5 rings (SSSR count). The van der Waals surface area contributed by atoms with Crippen LogP contribution >= 0.6 is 0 Å². The Hall–Kier alpha value is -2.73. The number of aromatic nitrogens is 4. The number of aliphatic hydroxyl groups is 1. The van der Waals surface area contributed by atoms with Gasteiger partial charge in [-0.3, -0.25) is 4.68 Å². The minimum absolute atomic E-state index is 0.487. The van der Waals surface area contributed by atoms with Gasteiger partial charge < -0.3 is 10.0 Å². The molecule has 3 heterocycles. The van der Waals surface area contributed by atoms with Crippen LogP contribution in [0.5, 0.6) is 0 Å². The molecule has 6 nitrogen and oxygen atoms in total. The third-order valence-electron chi connectivity index (χ3n) is 5.79. The highest BCUT2D eigenvalue weighted by Gasteiger charge is 2.27. The maximum atomic E-state index is 10.1. The third kappa shape index (κ3) is 2.98. The van der Waals surface area contributed by atoms with Crippen molar-refractivity contribution in [1.82, 2.24) is 19.7 Å². The Morgan fingerprint density at radius 1 is 1.11 bits per heavy atom. The molecule has 2 aromatic heterocycles. The first-order chi connectivity index (χ1) is 13.7. The van der Waals surface area contributed by atoms with Crippen molar-refractivity contribution < 1.29 is 5.11 Å². The highest BCUT2D eigenvalue weighted by Crippen LogP contribution is 2.33. The molecule has 6 heteroatoms. The molecule has 1 N–H and O–H groups in total. The second kappa shape index (κ2) is 7.02. The summed E-state index contributed by atoms with van der Waals surface area (Å²) in [6.07, 6.45) is 3.42. The number of benzene rings is 1. The van der Waals surface area contributed by atoms with Crippen molar-refractivity contribution in [3.05, 3.63) is 59.0 Å². The summed E-state index contributed by atoms with van der Waals surface area (Å²) in [6, 6.07) is 12.3. The fourth-order valence-corrected chi connectivity index (χ4v) is 4.23. The Morgan fingerprint density at radius 3 is 2.79 bits per heavy atom. The molecule has 1 atom stereocenters. The Morgan fingerprint density at radius 2 is 1.96 bits per heavy atom. The fraction of sp³-hybridized carbons (Fsp3) is 0.409. The predicted octanol–water partition coefficient (Wildman–Crippen LogP) is 3.29. The molecule has 2 aliphatic rings. The van der Waals surface area contributed by atoms with Crippen LogP contribution in [-0.2, 0) is 25.9 Å². The monoisotopic (exact) mass is 375 g/mol. The molecule has 1 aliphatic carbocycles.